The fourth-order valence-electron chi connectivity index (χ4n) is 1.72. The normalized spacial score (nSPS) is 10.4. The highest BCUT2D eigenvalue weighted by molar-refractivity contribution is 5.29. The van der Waals surface area contributed by atoms with Gasteiger partial charge in [0.1, 0.15) is 0 Å². The van der Waals surface area contributed by atoms with Crippen LogP contribution in [0.15, 0.2) is 24.3 Å². The third kappa shape index (κ3) is 3.95. The lowest BCUT2D eigenvalue weighted by Crippen LogP contribution is -1.89. The first kappa shape index (κ1) is 11.3. The molecule has 0 aliphatic rings. The smallest absolute Gasteiger partial charge is 0.0235 e. The van der Waals surface area contributed by atoms with Crippen LogP contribution < -0.4 is 0 Å². The summed E-state index contributed by atoms with van der Waals surface area (Å²) >= 11 is 0. The third-order valence-electron chi connectivity index (χ3n) is 2.67. The quantitative estimate of drug-likeness (QED) is 0.582. The maximum absolute atomic E-state index is 4.04. The van der Waals surface area contributed by atoms with Gasteiger partial charge in [0.2, 0.25) is 0 Å². The van der Waals surface area contributed by atoms with E-state index in [1.54, 1.807) is 0 Å². The monoisotopic (exact) mass is 189 g/mol. The van der Waals surface area contributed by atoms with Gasteiger partial charge in [0.05, 0.1) is 0 Å². The lowest BCUT2D eigenvalue weighted by Gasteiger charge is -2.04. The summed E-state index contributed by atoms with van der Waals surface area (Å²) < 4.78 is 0. The molecule has 0 atom stereocenters. The number of hydrogen-bond acceptors (Lipinski definition) is 0. The lowest BCUT2D eigenvalue weighted by molar-refractivity contribution is 0.632. The van der Waals surface area contributed by atoms with Crippen LogP contribution in [0.4, 0.5) is 0 Å². The Morgan fingerprint density at radius 1 is 1.00 bits per heavy atom. The SMILES string of the molecule is [CH2]c1ccccc1CCCCCCC. The lowest BCUT2D eigenvalue weighted by atomic mass is 10.0. The standard InChI is InChI=1S/C14H21/c1-3-4-5-6-7-11-14-12-9-8-10-13(14)2/h8-10,12H,2-7,11H2,1H3. The Kier molecular flexibility index (Phi) is 5.36. The van der Waals surface area contributed by atoms with Crippen LogP contribution in [-0.2, 0) is 6.42 Å². The second-order valence-corrected chi connectivity index (χ2v) is 3.93. The van der Waals surface area contributed by atoms with E-state index in [0.717, 1.165) is 0 Å². The topological polar surface area (TPSA) is 0 Å². The molecule has 0 saturated heterocycles. The van der Waals surface area contributed by atoms with E-state index in [-0.39, 0.29) is 0 Å². The highest BCUT2D eigenvalue weighted by Gasteiger charge is 1.96. The molecule has 1 aromatic carbocycles. The van der Waals surface area contributed by atoms with Crippen molar-refractivity contribution in [1.82, 2.24) is 0 Å². The van der Waals surface area contributed by atoms with Gasteiger partial charge in [0.25, 0.3) is 0 Å². The summed E-state index contributed by atoms with van der Waals surface area (Å²) in [4.78, 5) is 0. The molecule has 0 amide bonds. The first-order chi connectivity index (χ1) is 6.84. The summed E-state index contributed by atoms with van der Waals surface area (Å²) in [5.41, 5.74) is 2.62. The summed E-state index contributed by atoms with van der Waals surface area (Å²) in [7, 11) is 0. The van der Waals surface area contributed by atoms with Crippen molar-refractivity contribution >= 4 is 0 Å². The number of rotatable bonds is 6. The van der Waals surface area contributed by atoms with E-state index in [1.165, 1.54) is 49.7 Å². The first-order valence-electron chi connectivity index (χ1n) is 5.74. The van der Waals surface area contributed by atoms with E-state index in [2.05, 4.69) is 38.1 Å². The van der Waals surface area contributed by atoms with Gasteiger partial charge in [-0.05, 0) is 30.9 Å². The predicted molar refractivity (Wildman–Crippen MR) is 63.4 cm³/mol. The van der Waals surface area contributed by atoms with Crippen LogP contribution in [0, 0.1) is 6.92 Å². The summed E-state index contributed by atoms with van der Waals surface area (Å²) in [6.45, 7) is 6.29. The molecule has 0 spiro atoms. The van der Waals surface area contributed by atoms with Crippen LogP contribution in [0.25, 0.3) is 0 Å². The molecule has 1 radical (unpaired) electrons. The summed E-state index contributed by atoms with van der Waals surface area (Å²) in [6.07, 6.45) is 7.96. The van der Waals surface area contributed by atoms with Crippen molar-refractivity contribution in [2.45, 2.75) is 45.4 Å². The van der Waals surface area contributed by atoms with Gasteiger partial charge in [-0.3, -0.25) is 0 Å². The Morgan fingerprint density at radius 2 is 1.71 bits per heavy atom. The fraction of sp³-hybridized carbons (Fsp3) is 0.500. The van der Waals surface area contributed by atoms with Crippen LogP contribution in [0.5, 0.6) is 0 Å². The molecule has 0 saturated carbocycles. The molecule has 1 rings (SSSR count). The molecule has 0 N–H and O–H groups in total. The summed E-state index contributed by atoms with van der Waals surface area (Å²) in [6, 6.07) is 8.46. The molecule has 0 nitrogen and oxygen atoms in total. The van der Waals surface area contributed by atoms with E-state index in [9.17, 15) is 0 Å². The van der Waals surface area contributed by atoms with Crippen LogP contribution in [0.2, 0.25) is 0 Å². The van der Waals surface area contributed by atoms with Gasteiger partial charge < -0.3 is 0 Å². The summed E-state index contributed by atoms with van der Waals surface area (Å²) in [5.74, 6) is 0. The Hall–Kier alpha value is -0.780. The zero-order valence-electron chi connectivity index (χ0n) is 9.26. The molecular formula is C14H21. The van der Waals surface area contributed by atoms with Crippen LogP contribution in [0.3, 0.4) is 0 Å². The van der Waals surface area contributed by atoms with Gasteiger partial charge in [-0.15, -0.1) is 0 Å². The van der Waals surface area contributed by atoms with Crippen LogP contribution >= 0.6 is 0 Å². The number of hydrogen-bond donors (Lipinski definition) is 0. The Morgan fingerprint density at radius 3 is 2.43 bits per heavy atom. The molecular weight excluding hydrogens is 168 g/mol. The van der Waals surface area contributed by atoms with Gasteiger partial charge in [0, 0.05) is 0 Å². The van der Waals surface area contributed by atoms with Crippen molar-refractivity contribution in [3.8, 4) is 0 Å². The van der Waals surface area contributed by atoms with Gasteiger partial charge in [-0.2, -0.15) is 0 Å². The van der Waals surface area contributed by atoms with E-state index in [1.807, 2.05) is 0 Å². The van der Waals surface area contributed by atoms with Gasteiger partial charge in [0.15, 0.2) is 0 Å². The zero-order chi connectivity index (χ0) is 10.2. The first-order valence-corrected chi connectivity index (χ1v) is 5.74. The number of benzene rings is 1. The molecule has 0 aromatic heterocycles. The molecule has 14 heavy (non-hydrogen) atoms. The molecule has 77 valence electrons. The van der Waals surface area contributed by atoms with Crippen molar-refractivity contribution in [2.24, 2.45) is 0 Å². The van der Waals surface area contributed by atoms with E-state index >= 15 is 0 Å². The largest absolute Gasteiger partial charge is 0.0654 e. The van der Waals surface area contributed by atoms with Crippen molar-refractivity contribution < 1.29 is 0 Å². The van der Waals surface area contributed by atoms with Crippen LogP contribution in [-0.4, -0.2) is 0 Å². The maximum atomic E-state index is 4.04. The van der Waals surface area contributed by atoms with Crippen LogP contribution in [0.1, 0.15) is 50.2 Å². The molecule has 0 aliphatic heterocycles. The van der Waals surface area contributed by atoms with E-state index in [0.29, 0.717) is 0 Å². The molecule has 0 bridgehead atoms. The van der Waals surface area contributed by atoms with Gasteiger partial charge in [-0.25, -0.2) is 0 Å². The van der Waals surface area contributed by atoms with Crippen molar-refractivity contribution in [3.63, 3.8) is 0 Å². The highest BCUT2D eigenvalue weighted by Crippen LogP contribution is 2.12. The van der Waals surface area contributed by atoms with Gasteiger partial charge in [-0.1, -0.05) is 56.9 Å². The minimum atomic E-state index is 1.20. The van der Waals surface area contributed by atoms with E-state index < -0.39 is 0 Å². The molecule has 0 unspecified atom stereocenters. The van der Waals surface area contributed by atoms with Crippen molar-refractivity contribution in [2.75, 3.05) is 0 Å². The predicted octanol–water partition coefficient (Wildman–Crippen LogP) is 4.38. The fourth-order valence-corrected chi connectivity index (χ4v) is 1.72. The molecule has 1 aromatic rings. The molecule has 0 heterocycles. The average molecular weight is 189 g/mol. The minimum absolute atomic E-state index is 1.20. The van der Waals surface area contributed by atoms with Crippen molar-refractivity contribution in [1.29, 1.82) is 0 Å². The van der Waals surface area contributed by atoms with Crippen molar-refractivity contribution in [3.05, 3.63) is 42.3 Å². The molecule has 0 fully saturated rings. The Bertz CT molecular complexity index is 250. The minimum Gasteiger partial charge on any atom is -0.0654 e. The van der Waals surface area contributed by atoms with Gasteiger partial charge >= 0.3 is 0 Å². The summed E-state index contributed by atoms with van der Waals surface area (Å²) in [5, 5.41) is 0. The Balaban J connectivity index is 2.21. The van der Waals surface area contributed by atoms with E-state index in [4.69, 9.17) is 0 Å². The zero-order valence-corrected chi connectivity index (χ0v) is 9.26. The maximum Gasteiger partial charge on any atom is -0.0235 e. The second-order valence-electron chi connectivity index (χ2n) is 3.93. The molecule has 0 aliphatic carbocycles. The highest BCUT2D eigenvalue weighted by atomic mass is 14.0. The number of aryl methyl sites for hydroxylation is 1. The second kappa shape index (κ2) is 6.64. The third-order valence-corrected chi connectivity index (χ3v) is 2.67. The molecule has 0 heteroatoms. The Labute approximate surface area is 88.4 Å². The average Bonchev–Trinajstić information content (AvgIpc) is 2.20. The number of unbranched alkanes of at least 4 members (excludes halogenated alkanes) is 4.